The first-order valence-electron chi connectivity index (χ1n) is 7.68. The van der Waals surface area contributed by atoms with Crippen molar-refractivity contribution < 1.29 is 23.8 Å². The molecular formula is C17H15NO5S. The molecule has 1 saturated heterocycles. The number of nitrogens with zero attached hydrogens (tertiary/aromatic N) is 1. The first-order valence-corrected chi connectivity index (χ1v) is 8.56. The summed E-state index contributed by atoms with van der Waals surface area (Å²) in [7, 11) is 0. The molecule has 1 atom stereocenters. The Balaban J connectivity index is 1.48. The Morgan fingerprint density at radius 2 is 2.08 bits per heavy atom. The summed E-state index contributed by atoms with van der Waals surface area (Å²) in [6, 6.07) is 8.03. The minimum atomic E-state index is -0.551. The number of fused-ring (bicyclic) bond motifs is 1. The number of hydrogen-bond acceptors (Lipinski definition) is 6. The number of amides is 1. The van der Waals surface area contributed by atoms with Crippen LogP contribution in [0.15, 0.2) is 35.7 Å². The van der Waals surface area contributed by atoms with Crippen molar-refractivity contribution in [2.75, 3.05) is 13.3 Å². The molecule has 1 fully saturated rings. The maximum atomic E-state index is 12.5. The number of likely N-dealkylation sites (tertiary alicyclic amines) is 1. The summed E-state index contributed by atoms with van der Waals surface area (Å²) in [5, 5.41) is 1.85. The molecule has 7 heteroatoms. The molecule has 3 heterocycles. The molecule has 0 aliphatic carbocycles. The van der Waals surface area contributed by atoms with Crippen LogP contribution in [0.4, 0.5) is 0 Å². The average Bonchev–Trinajstić information content (AvgIpc) is 3.33. The highest BCUT2D eigenvalue weighted by Gasteiger charge is 2.36. The van der Waals surface area contributed by atoms with E-state index in [1.807, 2.05) is 11.4 Å². The monoisotopic (exact) mass is 345 g/mol. The number of benzene rings is 1. The second kappa shape index (κ2) is 6.16. The normalized spacial score (nSPS) is 18.7. The number of ether oxygens (including phenoxy) is 3. The smallest absolute Gasteiger partial charge is 0.334 e. The largest absolute Gasteiger partial charge is 0.454 e. The molecule has 1 unspecified atom stereocenters. The van der Waals surface area contributed by atoms with Crippen LogP contribution in [0.1, 0.15) is 22.5 Å². The average molecular weight is 345 g/mol. The van der Waals surface area contributed by atoms with Gasteiger partial charge in [-0.1, -0.05) is 6.07 Å². The van der Waals surface area contributed by atoms with E-state index >= 15 is 0 Å². The van der Waals surface area contributed by atoms with Crippen LogP contribution in [0.3, 0.4) is 0 Å². The van der Waals surface area contributed by atoms with Gasteiger partial charge in [-0.2, -0.15) is 0 Å². The van der Waals surface area contributed by atoms with Crippen LogP contribution in [0, 0.1) is 0 Å². The van der Waals surface area contributed by atoms with Crippen molar-refractivity contribution in [1.29, 1.82) is 0 Å². The number of thiophene rings is 1. The van der Waals surface area contributed by atoms with E-state index < -0.39 is 12.0 Å². The fourth-order valence-corrected chi connectivity index (χ4v) is 3.60. The maximum Gasteiger partial charge on any atom is 0.334 e. The van der Waals surface area contributed by atoms with E-state index in [-0.39, 0.29) is 12.7 Å². The van der Waals surface area contributed by atoms with Gasteiger partial charge in [-0.15, -0.1) is 11.3 Å². The van der Waals surface area contributed by atoms with E-state index in [9.17, 15) is 9.59 Å². The van der Waals surface area contributed by atoms with Gasteiger partial charge in [0.05, 0.1) is 4.88 Å². The maximum absolute atomic E-state index is 12.5. The fraction of sp³-hybridized carbons (Fsp3) is 0.294. The number of rotatable bonds is 3. The Labute approximate surface area is 142 Å². The van der Waals surface area contributed by atoms with Crippen LogP contribution in [-0.2, 0) is 4.79 Å². The third-order valence-electron chi connectivity index (χ3n) is 4.08. The lowest BCUT2D eigenvalue weighted by molar-refractivity contribution is -0.138. The zero-order valence-corrected chi connectivity index (χ0v) is 13.6. The summed E-state index contributed by atoms with van der Waals surface area (Å²) in [6.07, 6.45) is 1.40. The lowest BCUT2D eigenvalue weighted by Gasteiger charge is -2.22. The Morgan fingerprint density at radius 1 is 1.21 bits per heavy atom. The first kappa shape index (κ1) is 15.0. The Bertz CT molecular complexity index is 773. The van der Waals surface area contributed by atoms with Crippen molar-refractivity contribution in [2.24, 2.45) is 0 Å². The van der Waals surface area contributed by atoms with E-state index in [0.29, 0.717) is 35.1 Å². The molecule has 6 nitrogen and oxygen atoms in total. The molecule has 0 spiro atoms. The molecule has 1 aromatic heterocycles. The molecule has 124 valence electrons. The summed E-state index contributed by atoms with van der Waals surface area (Å²) in [4.78, 5) is 27.3. The third kappa shape index (κ3) is 2.71. The van der Waals surface area contributed by atoms with Crippen LogP contribution < -0.4 is 14.2 Å². The van der Waals surface area contributed by atoms with Gasteiger partial charge in [0.25, 0.3) is 5.91 Å². The summed E-state index contributed by atoms with van der Waals surface area (Å²) in [5.41, 5.74) is 0. The van der Waals surface area contributed by atoms with Crippen LogP contribution in [0.25, 0.3) is 0 Å². The minimum Gasteiger partial charge on any atom is -0.454 e. The highest BCUT2D eigenvalue weighted by molar-refractivity contribution is 7.12. The molecule has 0 N–H and O–H groups in total. The molecule has 0 radical (unpaired) electrons. The van der Waals surface area contributed by atoms with E-state index in [1.54, 1.807) is 29.2 Å². The van der Waals surface area contributed by atoms with Gasteiger partial charge in [-0.3, -0.25) is 4.79 Å². The predicted molar refractivity (Wildman–Crippen MR) is 86.6 cm³/mol. The molecule has 2 aliphatic rings. The van der Waals surface area contributed by atoms with Gasteiger partial charge in [-0.25, -0.2) is 4.79 Å². The fourth-order valence-electron chi connectivity index (χ4n) is 2.92. The number of hydrogen-bond donors (Lipinski definition) is 0. The lowest BCUT2D eigenvalue weighted by atomic mass is 10.2. The van der Waals surface area contributed by atoms with Crippen molar-refractivity contribution in [3.8, 4) is 17.2 Å². The van der Waals surface area contributed by atoms with Gasteiger partial charge in [0.15, 0.2) is 11.5 Å². The summed E-state index contributed by atoms with van der Waals surface area (Å²) < 4.78 is 16.0. The molecule has 0 saturated carbocycles. The third-order valence-corrected chi connectivity index (χ3v) is 4.94. The highest BCUT2D eigenvalue weighted by atomic mass is 32.1. The first-order chi connectivity index (χ1) is 11.7. The summed E-state index contributed by atoms with van der Waals surface area (Å²) >= 11 is 1.38. The molecule has 2 aliphatic heterocycles. The molecule has 24 heavy (non-hydrogen) atoms. The van der Waals surface area contributed by atoms with Crippen molar-refractivity contribution in [1.82, 2.24) is 4.90 Å². The number of carbonyl (C=O) groups excluding carboxylic acids is 2. The molecule has 2 aromatic rings. The van der Waals surface area contributed by atoms with Crippen LogP contribution in [-0.4, -0.2) is 36.2 Å². The quantitative estimate of drug-likeness (QED) is 0.632. The van der Waals surface area contributed by atoms with E-state index in [2.05, 4.69) is 0 Å². The van der Waals surface area contributed by atoms with Gasteiger partial charge in [-0.05, 0) is 36.4 Å². The summed E-state index contributed by atoms with van der Waals surface area (Å²) in [6.45, 7) is 0.732. The second-order valence-corrected chi connectivity index (χ2v) is 6.52. The second-order valence-electron chi connectivity index (χ2n) is 5.57. The number of carbonyl (C=O) groups is 2. The Hall–Kier alpha value is -2.54. The van der Waals surface area contributed by atoms with Crippen LogP contribution in [0.2, 0.25) is 0 Å². The summed E-state index contributed by atoms with van der Waals surface area (Å²) in [5.74, 6) is 1.04. The van der Waals surface area contributed by atoms with Gasteiger partial charge >= 0.3 is 5.97 Å². The molecule has 1 aromatic carbocycles. The van der Waals surface area contributed by atoms with Gasteiger partial charge < -0.3 is 19.1 Å². The molecule has 0 bridgehead atoms. The van der Waals surface area contributed by atoms with E-state index in [4.69, 9.17) is 14.2 Å². The van der Waals surface area contributed by atoms with E-state index in [0.717, 1.165) is 6.42 Å². The van der Waals surface area contributed by atoms with Crippen LogP contribution in [0.5, 0.6) is 17.2 Å². The topological polar surface area (TPSA) is 65.1 Å². The van der Waals surface area contributed by atoms with Crippen molar-refractivity contribution in [2.45, 2.75) is 18.9 Å². The van der Waals surface area contributed by atoms with Crippen molar-refractivity contribution in [3.63, 3.8) is 0 Å². The van der Waals surface area contributed by atoms with Crippen molar-refractivity contribution >= 4 is 23.2 Å². The Morgan fingerprint density at radius 3 is 2.92 bits per heavy atom. The standard InChI is InChI=1S/C17H15NO5S/c19-16(15-4-2-8-24-15)18-7-1-3-12(18)17(20)23-11-5-6-13-14(9-11)22-10-21-13/h2,4-6,8-9,12H,1,3,7,10H2. The molecule has 1 amide bonds. The van der Waals surface area contributed by atoms with Crippen LogP contribution >= 0.6 is 11.3 Å². The zero-order chi connectivity index (χ0) is 16.5. The van der Waals surface area contributed by atoms with Gasteiger partial charge in [0, 0.05) is 12.6 Å². The Kier molecular flexibility index (Phi) is 3.86. The van der Waals surface area contributed by atoms with Gasteiger partial charge in [0.2, 0.25) is 6.79 Å². The lowest BCUT2D eigenvalue weighted by Crippen LogP contribution is -2.42. The highest BCUT2D eigenvalue weighted by Crippen LogP contribution is 2.35. The SMILES string of the molecule is O=C(Oc1ccc2c(c1)OCO2)C1CCCN1C(=O)c1cccs1. The predicted octanol–water partition coefficient (Wildman–Crippen LogP) is 2.69. The van der Waals surface area contributed by atoms with Crippen molar-refractivity contribution in [3.05, 3.63) is 40.6 Å². The molecule has 4 rings (SSSR count). The van der Waals surface area contributed by atoms with Gasteiger partial charge in [0.1, 0.15) is 11.8 Å². The molecular weight excluding hydrogens is 330 g/mol. The minimum absolute atomic E-state index is 0.116. The van der Waals surface area contributed by atoms with E-state index in [1.165, 1.54) is 11.3 Å². The number of esters is 1. The zero-order valence-electron chi connectivity index (χ0n) is 12.8.